The number of hydrogen-bond acceptors (Lipinski definition) is 4. The van der Waals surface area contributed by atoms with Crippen LogP contribution in [0.15, 0.2) is 67.3 Å². The van der Waals surface area contributed by atoms with Crippen LogP contribution in [0.1, 0.15) is 22.7 Å². The van der Waals surface area contributed by atoms with Gasteiger partial charge >= 0.3 is 6.18 Å². The molecule has 148 valence electrons. The maximum atomic E-state index is 12.9. The molecule has 1 heterocycles. The fourth-order valence-corrected chi connectivity index (χ4v) is 4.07. The van der Waals surface area contributed by atoms with Crippen LogP contribution >= 0.6 is 0 Å². The van der Waals surface area contributed by atoms with Crippen molar-refractivity contribution >= 4 is 10.0 Å². The van der Waals surface area contributed by atoms with Crippen molar-refractivity contribution in [1.29, 1.82) is 0 Å². The second-order valence-corrected chi connectivity index (χ2v) is 7.91. The summed E-state index contributed by atoms with van der Waals surface area (Å²) >= 11 is 0. The van der Waals surface area contributed by atoms with Crippen molar-refractivity contribution in [3.63, 3.8) is 0 Å². The number of nitrogens with zero attached hydrogens (tertiary/aromatic N) is 3. The molecule has 0 bridgehead atoms. The fourth-order valence-electron chi connectivity index (χ4n) is 2.73. The molecule has 0 saturated carbocycles. The average Bonchev–Trinajstić information content (AvgIpc) is 3.14. The average molecular weight is 410 g/mol. The predicted octanol–water partition coefficient (Wildman–Crippen LogP) is 3.16. The van der Waals surface area contributed by atoms with E-state index in [-0.39, 0.29) is 12.1 Å². The lowest BCUT2D eigenvalue weighted by Gasteiger charge is -2.19. The highest BCUT2D eigenvalue weighted by Gasteiger charge is 2.31. The van der Waals surface area contributed by atoms with E-state index in [4.69, 9.17) is 0 Å². The molecule has 0 radical (unpaired) electrons. The molecule has 0 fully saturated rings. The van der Waals surface area contributed by atoms with E-state index < -0.39 is 33.6 Å². The van der Waals surface area contributed by atoms with E-state index in [0.29, 0.717) is 5.56 Å². The summed E-state index contributed by atoms with van der Waals surface area (Å²) < 4.78 is 67.9. The Hall–Kier alpha value is -2.72. The largest absolute Gasteiger partial charge is 0.416 e. The van der Waals surface area contributed by atoms with Gasteiger partial charge in [0.05, 0.1) is 23.9 Å². The standard InChI is InChI=1S/C18H17F3N4O2S/c19-18(20,21)16-8-4-5-14(9-16)11-28(26,27)24-17(10-25-13-22-12-23-25)15-6-2-1-3-7-15/h1-9,12-13,17,24H,10-11H2. The third-order valence-electron chi connectivity index (χ3n) is 3.97. The van der Waals surface area contributed by atoms with Crippen LogP contribution in [0.4, 0.5) is 13.2 Å². The number of halogens is 3. The van der Waals surface area contributed by atoms with Gasteiger partial charge in [-0.2, -0.15) is 18.3 Å². The highest BCUT2D eigenvalue weighted by atomic mass is 32.2. The van der Waals surface area contributed by atoms with Gasteiger partial charge in [0.2, 0.25) is 10.0 Å². The number of aromatic nitrogens is 3. The summed E-state index contributed by atoms with van der Waals surface area (Å²) in [4.78, 5) is 3.83. The molecule has 2 aromatic carbocycles. The summed E-state index contributed by atoms with van der Waals surface area (Å²) in [5.41, 5.74) is -0.136. The van der Waals surface area contributed by atoms with E-state index in [1.54, 1.807) is 30.3 Å². The van der Waals surface area contributed by atoms with Crippen molar-refractivity contribution in [2.45, 2.75) is 24.5 Å². The molecule has 0 amide bonds. The van der Waals surface area contributed by atoms with Gasteiger partial charge in [-0.15, -0.1) is 0 Å². The van der Waals surface area contributed by atoms with Gasteiger partial charge in [0.25, 0.3) is 0 Å². The molecule has 0 saturated heterocycles. The molecule has 10 heteroatoms. The van der Waals surface area contributed by atoms with Crippen molar-refractivity contribution in [1.82, 2.24) is 19.5 Å². The van der Waals surface area contributed by atoms with Crippen LogP contribution in [0.3, 0.4) is 0 Å². The molecule has 1 aromatic heterocycles. The lowest BCUT2D eigenvalue weighted by molar-refractivity contribution is -0.137. The third kappa shape index (κ3) is 5.40. The Balaban J connectivity index is 1.81. The molecule has 0 aliphatic heterocycles. The van der Waals surface area contributed by atoms with Gasteiger partial charge in [0.15, 0.2) is 0 Å². The molecule has 0 aliphatic rings. The van der Waals surface area contributed by atoms with Crippen molar-refractivity contribution in [3.05, 3.63) is 83.9 Å². The molecule has 0 spiro atoms. The lowest BCUT2D eigenvalue weighted by atomic mass is 10.1. The zero-order valence-electron chi connectivity index (χ0n) is 14.5. The number of alkyl halides is 3. The Morgan fingerprint density at radius 3 is 2.46 bits per heavy atom. The van der Waals surface area contributed by atoms with Crippen molar-refractivity contribution in [3.8, 4) is 0 Å². The number of hydrogen-bond donors (Lipinski definition) is 1. The zero-order chi connectivity index (χ0) is 20.2. The maximum Gasteiger partial charge on any atom is 0.416 e. The van der Waals surface area contributed by atoms with Gasteiger partial charge in [0, 0.05) is 0 Å². The summed E-state index contributed by atoms with van der Waals surface area (Å²) in [6, 6.07) is 12.5. The summed E-state index contributed by atoms with van der Waals surface area (Å²) in [5.74, 6) is -0.572. The van der Waals surface area contributed by atoms with Gasteiger partial charge in [-0.3, -0.25) is 4.68 Å². The highest BCUT2D eigenvalue weighted by Crippen LogP contribution is 2.30. The number of sulfonamides is 1. The summed E-state index contributed by atoms with van der Waals surface area (Å²) in [6.45, 7) is 0.186. The van der Waals surface area contributed by atoms with Gasteiger partial charge < -0.3 is 0 Å². The third-order valence-corrected chi connectivity index (χ3v) is 5.33. The van der Waals surface area contributed by atoms with Crippen LogP contribution in [0.2, 0.25) is 0 Å². The summed E-state index contributed by atoms with van der Waals surface area (Å²) in [6.07, 6.45) is -1.75. The number of benzene rings is 2. The van der Waals surface area contributed by atoms with Gasteiger partial charge in [-0.1, -0.05) is 48.5 Å². The topological polar surface area (TPSA) is 76.9 Å². The SMILES string of the molecule is O=S(=O)(Cc1cccc(C(F)(F)F)c1)NC(Cn1cncn1)c1ccccc1. The first kappa shape index (κ1) is 20.0. The second kappa shape index (κ2) is 8.11. The Labute approximate surface area is 160 Å². The van der Waals surface area contributed by atoms with E-state index in [0.717, 1.165) is 12.1 Å². The fraction of sp³-hybridized carbons (Fsp3) is 0.222. The smallest absolute Gasteiger partial charge is 0.251 e. The summed E-state index contributed by atoms with van der Waals surface area (Å²) in [7, 11) is -3.93. The van der Waals surface area contributed by atoms with E-state index >= 15 is 0 Å². The van der Waals surface area contributed by atoms with Crippen molar-refractivity contribution in [2.24, 2.45) is 0 Å². The van der Waals surface area contributed by atoms with Crippen LogP contribution in [0.25, 0.3) is 0 Å². The van der Waals surface area contributed by atoms with Gasteiger partial charge in [-0.25, -0.2) is 18.1 Å². The normalized spacial score (nSPS) is 13.4. The molecular weight excluding hydrogens is 393 g/mol. The molecule has 1 N–H and O–H groups in total. The predicted molar refractivity (Wildman–Crippen MR) is 96.4 cm³/mol. The van der Waals surface area contributed by atoms with Crippen LogP contribution in [0, 0.1) is 0 Å². The minimum Gasteiger partial charge on any atom is -0.251 e. The van der Waals surface area contributed by atoms with E-state index in [2.05, 4.69) is 14.8 Å². The number of rotatable bonds is 7. The molecule has 6 nitrogen and oxygen atoms in total. The minimum atomic E-state index is -4.53. The monoisotopic (exact) mass is 410 g/mol. The first-order valence-electron chi connectivity index (χ1n) is 8.26. The maximum absolute atomic E-state index is 12.9. The van der Waals surface area contributed by atoms with E-state index in [1.807, 2.05) is 0 Å². The minimum absolute atomic E-state index is 0.0508. The van der Waals surface area contributed by atoms with Crippen molar-refractivity contribution < 1.29 is 21.6 Å². The van der Waals surface area contributed by atoms with Crippen molar-refractivity contribution in [2.75, 3.05) is 0 Å². The molecule has 3 aromatic rings. The van der Waals surface area contributed by atoms with Crippen LogP contribution in [0.5, 0.6) is 0 Å². The van der Waals surface area contributed by atoms with Crippen LogP contribution in [-0.4, -0.2) is 23.2 Å². The second-order valence-electron chi connectivity index (χ2n) is 6.16. The molecule has 1 unspecified atom stereocenters. The molecule has 0 aliphatic carbocycles. The van der Waals surface area contributed by atoms with Crippen LogP contribution < -0.4 is 4.72 Å². The molecular formula is C18H17F3N4O2S. The first-order valence-corrected chi connectivity index (χ1v) is 9.92. The van der Waals surface area contributed by atoms with Gasteiger partial charge in [0.1, 0.15) is 12.7 Å². The van der Waals surface area contributed by atoms with E-state index in [1.165, 1.54) is 29.5 Å². The highest BCUT2D eigenvalue weighted by molar-refractivity contribution is 7.88. The first-order chi connectivity index (χ1) is 13.2. The molecule has 1 atom stereocenters. The zero-order valence-corrected chi connectivity index (χ0v) is 15.4. The Bertz CT molecular complexity index is 1010. The van der Waals surface area contributed by atoms with Crippen LogP contribution in [-0.2, 0) is 28.5 Å². The Kier molecular flexibility index (Phi) is 5.80. The van der Waals surface area contributed by atoms with Gasteiger partial charge in [-0.05, 0) is 17.2 Å². The Morgan fingerprint density at radius 1 is 1.07 bits per heavy atom. The quantitative estimate of drug-likeness (QED) is 0.649. The molecule has 28 heavy (non-hydrogen) atoms. The Morgan fingerprint density at radius 2 is 1.82 bits per heavy atom. The number of nitrogens with one attached hydrogen (secondary N) is 1. The van der Waals surface area contributed by atoms with E-state index in [9.17, 15) is 21.6 Å². The summed E-state index contributed by atoms with van der Waals surface area (Å²) in [5, 5.41) is 3.98. The molecule has 3 rings (SSSR count). The lowest BCUT2D eigenvalue weighted by Crippen LogP contribution is -2.32.